The van der Waals surface area contributed by atoms with Crippen molar-refractivity contribution in [2.24, 2.45) is 5.92 Å². The number of pyridine rings is 1. The molecule has 0 bridgehead atoms. The molecule has 2 fully saturated rings. The van der Waals surface area contributed by atoms with E-state index < -0.39 is 5.54 Å². The number of aromatic nitrogens is 1. The summed E-state index contributed by atoms with van der Waals surface area (Å²) < 4.78 is 0. The molecule has 0 radical (unpaired) electrons. The first-order valence-corrected chi connectivity index (χ1v) is 10.8. The number of carbonyl (C=O) groups is 2. The van der Waals surface area contributed by atoms with Crippen molar-refractivity contribution in [2.45, 2.75) is 37.6 Å². The summed E-state index contributed by atoms with van der Waals surface area (Å²) in [5, 5.41) is 6.44. The van der Waals surface area contributed by atoms with Crippen LogP contribution in [0.5, 0.6) is 0 Å². The van der Waals surface area contributed by atoms with Crippen molar-refractivity contribution >= 4 is 29.0 Å². The zero-order chi connectivity index (χ0) is 20.6. The van der Waals surface area contributed by atoms with E-state index in [9.17, 15) is 9.59 Å². The zero-order valence-electron chi connectivity index (χ0n) is 17.0. The van der Waals surface area contributed by atoms with Crippen molar-refractivity contribution in [2.75, 3.05) is 35.2 Å². The van der Waals surface area contributed by atoms with Gasteiger partial charge in [-0.25, -0.2) is 4.79 Å². The number of anilines is 3. The number of hydrogen-bond donors (Lipinski definition) is 2. The molecule has 3 aliphatic rings. The highest BCUT2D eigenvalue weighted by Crippen LogP contribution is 2.41. The maximum Gasteiger partial charge on any atom is 0.321 e. The van der Waals surface area contributed by atoms with Gasteiger partial charge >= 0.3 is 6.03 Å². The van der Waals surface area contributed by atoms with E-state index in [0.717, 1.165) is 17.9 Å². The van der Waals surface area contributed by atoms with Gasteiger partial charge in [0.05, 0.1) is 23.3 Å². The highest BCUT2D eigenvalue weighted by Gasteiger charge is 2.48. The molecular weight excluding hydrogens is 378 g/mol. The predicted octanol–water partition coefficient (Wildman–Crippen LogP) is 3.71. The number of nitrogens with one attached hydrogen (secondary N) is 2. The molecule has 3 heterocycles. The Bertz CT molecular complexity index is 936. The van der Waals surface area contributed by atoms with E-state index in [-0.39, 0.29) is 11.9 Å². The Morgan fingerprint density at radius 2 is 1.97 bits per heavy atom. The van der Waals surface area contributed by atoms with Crippen LogP contribution in [0.2, 0.25) is 0 Å². The smallest absolute Gasteiger partial charge is 0.321 e. The molecule has 2 N–H and O–H groups in total. The molecule has 1 aromatic carbocycles. The standard InChI is InChI=1S/C23H27N5O2/c29-21-23(10-13-27(14-11-23)22(30)25-18-7-4-12-24-15-18)26-19-8-1-2-9-20(19)28(21)16-17-5-3-6-17/h1-2,4,7-9,12,15,17,26H,3,5-6,10-11,13-14,16H2,(H,25,30). The number of fused-ring (bicyclic) bond motifs is 1. The summed E-state index contributed by atoms with van der Waals surface area (Å²) in [5.74, 6) is 0.753. The fourth-order valence-electron chi connectivity index (χ4n) is 4.68. The molecule has 0 atom stereocenters. The van der Waals surface area contributed by atoms with Gasteiger partial charge in [-0.05, 0) is 55.9 Å². The van der Waals surface area contributed by atoms with Crippen LogP contribution in [0.15, 0.2) is 48.8 Å². The van der Waals surface area contributed by atoms with Crippen LogP contribution in [0.25, 0.3) is 0 Å². The SMILES string of the molecule is O=C(Nc1cccnc1)N1CCC2(CC1)Nc1ccccc1N(CC1CCC1)C2=O. The van der Waals surface area contributed by atoms with E-state index in [1.54, 1.807) is 23.4 Å². The van der Waals surface area contributed by atoms with Crippen LogP contribution in [-0.2, 0) is 4.79 Å². The van der Waals surface area contributed by atoms with E-state index >= 15 is 0 Å². The molecule has 3 amide bonds. The lowest BCUT2D eigenvalue weighted by atomic mass is 9.81. The van der Waals surface area contributed by atoms with Crippen LogP contribution < -0.4 is 15.5 Å². The molecule has 2 aromatic rings. The number of nitrogens with zero attached hydrogens (tertiary/aromatic N) is 3. The molecule has 1 aromatic heterocycles. The third-order valence-electron chi connectivity index (χ3n) is 6.71. The average molecular weight is 406 g/mol. The Kier molecular flexibility index (Phi) is 4.81. The average Bonchev–Trinajstić information content (AvgIpc) is 2.74. The van der Waals surface area contributed by atoms with Gasteiger partial charge in [0.25, 0.3) is 5.91 Å². The molecule has 2 aliphatic heterocycles. The van der Waals surface area contributed by atoms with Gasteiger partial charge in [-0.1, -0.05) is 18.6 Å². The number of hydrogen-bond acceptors (Lipinski definition) is 4. The number of amides is 3. The second-order valence-corrected chi connectivity index (χ2v) is 8.60. The highest BCUT2D eigenvalue weighted by molar-refractivity contribution is 6.08. The van der Waals surface area contributed by atoms with Crippen LogP contribution in [0, 0.1) is 5.92 Å². The van der Waals surface area contributed by atoms with Gasteiger partial charge in [-0.2, -0.15) is 0 Å². The second-order valence-electron chi connectivity index (χ2n) is 8.60. The molecular formula is C23H27N5O2. The minimum atomic E-state index is -0.636. The van der Waals surface area contributed by atoms with Crippen molar-refractivity contribution in [1.82, 2.24) is 9.88 Å². The van der Waals surface area contributed by atoms with E-state index in [4.69, 9.17) is 0 Å². The quantitative estimate of drug-likeness (QED) is 0.816. The number of carbonyl (C=O) groups excluding carboxylic acids is 2. The lowest BCUT2D eigenvalue weighted by Gasteiger charge is -2.48. The summed E-state index contributed by atoms with van der Waals surface area (Å²) in [7, 11) is 0. The number of piperidine rings is 1. The third-order valence-corrected chi connectivity index (χ3v) is 6.71. The fraction of sp³-hybridized carbons (Fsp3) is 0.435. The number of likely N-dealkylation sites (tertiary alicyclic amines) is 1. The van der Waals surface area contributed by atoms with Gasteiger partial charge in [0.2, 0.25) is 0 Å². The van der Waals surface area contributed by atoms with E-state index in [1.165, 1.54) is 19.3 Å². The number of urea groups is 1. The molecule has 1 saturated carbocycles. The fourth-order valence-corrected chi connectivity index (χ4v) is 4.68. The molecule has 1 aliphatic carbocycles. The summed E-state index contributed by atoms with van der Waals surface area (Å²) in [6, 6.07) is 11.5. The molecule has 7 heteroatoms. The summed E-state index contributed by atoms with van der Waals surface area (Å²) in [4.78, 5) is 34.1. The zero-order valence-corrected chi connectivity index (χ0v) is 17.0. The number of benzene rings is 1. The van der Waals surface area contributed by atoms with Gasteiger partial charge < -0.3 is 20.4 Å². The van der Waals surface area contributed by atoms with E-state index in [0.29, 0.717) is 37.5 Å². The summed E-state index contributed by atoms with van der Waals surface area (Å²) >= 11 is 0. The monoisotopic (exact) mass is 405 g/mol. The Morgan fingerprint density at radius 1 is 1.17 bits per heavy atom. The van der Waals surface area contributed by atoms with Crippen LogP contribution in [0.4, 0.5) is 21.9 Å². The Balaban J connectivity index is 1.31. The van der Waals surface area contributed by atoms with Crippen molar-refractivity contribution in [3.63, 3.8) is 0 Å². The molecule has 5 rings (SSSR count). The summed E-state index contributed by atoms with van der Waals surface area (Å²) in [5.41, 5.74) is 2.04. The normalized spacial score (nSPS) is 20.3. The van der Waals surface area contributed by atoms with Crippen molar-refractivity contribution in [3.05, 3.63) is 48.8 Å². The maximum absolute atomic E-state index is 13.6. The predicted molar refractivity (Wildman–Crippen MR) is 117 cm³/mol. The molecule has 7 nitrogen and oxygen atoms in total. The first kappa shape index (κ1) is 18.9. The van der Waals surface area contributed by atoms with Crippen LogP contribution >= 0.6 is 0 Å². The molecule has 1 saturated heterocycles. The molecule has 1 spiro atoms. The van der Waals surface area contributed by atoms with Gasteiger partial charge in [-0.15, -0.1) is 0 Å². The number of para-hydroxylation sites is 2. The highest BCUT2D eigenvalue weighted by atomic mass is 16.2. The van der Waals surface area contributed by atoms with Crippen molar-refractivity contribution in [3.8, 4) is 0 Å². The topological polar surface area (TPSA) is 77.6 Å². The van der Waals surface area contributed by atoms with Crippen molar-refractivity contribution < 1.29 is 9.59 Å². The largest absolute Gasteiger partial charge is 0.369 e. The van der Waals surface area contributed by atoms with E-state index in [1.807, 2.05) is 29.2 Å². The lowest BCUT2D eigenvalue weighted by Crippen LogP contribution is -2.63. The minimum Gasteiger partial charge on any atom is -0.369 e. The van der Waals surface area contributed by atoms with Crippen LogP contribution in [-0.4, -0.2) is 47.0 Å². The van der Waals surface area contributed by atoms with Gasteiger partial charge in [0.15, 0.2) is 0 Å². The molecule has 156 valence electrons. The second kappa shape index (κ2) is 7.63. The first-order valence-electron chi connectivity index (χ1n) is 10.8. The van der Waals surface area contributed by atoms with Gasteiger partial charge in [0.1, 0.15) is 5.54 Å². The van der Waals surface area contributed by atoms with Crippen LogP contribution in [0.1, 0.15) is 32.1 Å². The third kappa shape index (κ3) is 3.38. The first-order chi connectivity index (χ1) is 14.6. The Morgan fingerprint density at radius 3 is 2.67 bits per heavy atom. The van der Waals surface area contributed by atoms with Crippen LogP contribution in [0.3, 0.4) is 0 Å². The summed E-state index contributed by atoms with van der Waals surface area (Å²) in [6.07, 6.45) is 8.17. The minimum absolute atomic E-state index is 0.146. The Hall–Kier alpha value is -3.09. The Labute approximate surface area is 176 Å². The van der Waals surface area contributed by atoms with Crippen molar-refractivity contribution in [1.29, 1.82) is 0 Å². The lowest BCUT2D eigenvalue weighted by molar-refractivity contribution is -0.124. The maximum atomic E-state index is 13.6. The molecule has 30 heavy (non-hydrogen) atoms. The van der Waals surface area contributed by atoms with Gasteiger partial charge in [-0.3, -0.25) is 9.78 Å². The molecule has 0 unspecified atom stereocenters. The summed E-state index contributed by atoms with van der Waals surface area (Å²) in [6.45, 7) is 1.86. The van der Waals surface area contributed by atoms with E-state index in [2.05, 4.69) is 21.7 Å². The number of rotatable bonds is 3. The van der Waals surface area contributed by atoms with Gasteiger partial charge in [0, 0.05) is 25.8 Å².